The first-order valence-corrected chi connectivity index (χ1v) is 6.41. The highest BCUT2D eigenvalue weighted by atomic mass is 19.1. The number of aromatic carboxylic acids is 1. The van der Waals surface area contributed by atoms with Crippen LogP contribution in [0, 0.1) is 16.6 Å². The number of benzene rings is 1. The van der Waals surface area contributed by atoms with Crippen LogP contribution in [0.15, 0.2) is 24.5 Å². The lowest BCUT2D eigenvalue weighted by Gasteiger charge is -2.21. The third-order valence-electron chi connectivity index (χ3n) is 3.52. The van der Waals surface area contributed by atoms with Gasteiger partial charge in [0.1, 0.15) is 18.0 Å². The van der Waals surface area contributed by atoms with E-state index in [1.165, 1.54) is 40.9 Å². The molecule has 22 heavy (non-hydrogen) atoms. The number of hydrogen-bond acceptors (Lipinski definition) is 4. The molecule has 3 N–H and O–H groups in total. The molecule has 0 saturated heterocycles. The largest absolute Gasteiger partial charge is 0.476 e. The van der Waals surface area contributed by atoms with Crippen LogP contribution in [0.2, 0.25) is 0 Å². The lowest BCUT2D eigenvalue weighted by Crippen LogP contribution is -2.34. The second-order valence-corrected chi connectivity index (χ2v) is 4.90. The standard InChI is InChI=1S/C14H12FN5O2/c1-7(16)19-5-11-12(14(21)22)18-6-20(11)10-3-2-8(15)4-9(10)13(19)17/h2-4,6,16-17H,5H2,1H3,(H,21,22). The zero-order valence-corrected chi connectivity index (χ0v) is 11.6. The average molecular weight is 301 g/mol. The number of amidine groups is 2. The van der Waals surface area contributed by atoms with Gasteiger partial charge in [-0.25, -0.2) is 14.2 Å². The normalized spacial score (nSPS) is 13.4. The third kappa shape index (κ3) is 1.96. The summed E-state index contributed by atoms with van der Waals surface area (Å²) in [5, 5.41) is 25.3. The summed E-state index contributed by atoms with van der Waals surface area (Å²) in [7, 11) is 0. The van der Waals surface area contributed by atoms with Crippen LogP contribution >= 0.6 is 0 Å². The zero-order valence-electron chi connectivity index (χ0n) is 11.6. The molecule has 0 fully saturated rings. The minimum absolute atomic E-state index is 0.00605. The number of nitrogens with zero attached hydrogens (tertiary/aromatic N) is 3. The Morgan fingerprint density at radius 2 is 2.18 bits per heavy atom. The van der Waals surface area contributed by atoms with Gasteiger partial charge in [-0.3, -0.25) is 15.4 Å². The van der Waals surface area contributed by atoms with E-state index in [0.717, 1.165) is 0 Å². The van der Waals surface area contributed by atoms with Gasteiger partial charge in [0.15, 0.2) is 5.69 Å². The summed E-state index contributed by atoms with van der Waals surface area (Å²) in [6.07, 6.45) is 1.34. The van der Waals surface area contributed by atoms with Crippen LogP contribution < -0.4 is 0 Å². The number of fused-ring (bicyclic) bond motifs is 3. The van der Waals surface area contributed by atoms with Gasteiger partial charge in [-0.2, -0.15) is 0 Å². The molecule has 0 amide bonds. The molecule has 0 radical (unpaired) electrons. The summed E-state index contributed by atoms with van der Waals surface area (Å²) >= 11 is 0. The van der Waals surface area contributed by atoms with Crippen molar-refractivity contribution in [3.05, 3.63) is 47.3 Å². The summed E-state index contributed by atoms with van der Waals surface area (Å²) in [5.41, 5.74) is 0.940. The molecular formula is C14H12FN5O2. The van der Waals surface area contributed by atoms with Crippen molar-refractivity contribution in [1.82, 2.24) is 14.5 Å². The Bertz CT molecular complexity index is 827. The Balaban J connectivity index is 2.32. The van der Waals surface area contributed by atoms with E-state index in [4.69, 9.17) is 10.8 Å². The fourth-order valence-electron chi connectivity index (χ4n) is 2.48. The second kappa shape index (κ2) is 4.76. The van der Waals surface area contributed by atoms with Crippen molar-refractivity contribution in [2.45, 2.75) is 13.5 Å². The van der Waals surface area contributed by atoms with Gasteiger partial charge in [0.2, 0.25) is 0 Å². The molecular weight excluding hydrogens is 289 g/mol. The van der Waals surface area contributed by atoms with Crippen molar-refractivity contribution >= 4 is 17.6 Å². The van der Waals surface area contributed by atoms with E-state index in [2.05, 4.69) is 4.98 Å². The highest BCUT2D eigenvalue weighted by Crippen LogP contribution is 2.27. The van der Waals surface area contributed by atoms with Gasteiger partial charge in [0, 0.05) is 5.56 Å². The van der Waals surface area contributed by atoms with Gasteiger partial charge < -0.3 is 10.0 Å². The van der Waals surface area contributed by atoms with E-state index in [9.17, 15) is 14.3 Å². The molecule has 1 aromatic heterocycles. The maximum atomic E-state index is 13.6. The zero-order chi connectivity index (χ0) is 16.0. The van der Waals surface area contributed by atoms with E-state index >= 15 is 0 Å². The van der Waals surface area contributed by atoms with Gasteiger partial charge in [0.25, 0.3) is 0 Å². The maximum Gasteiger partial charge on any atom is 0.356 e. The number of nitrogens with one attached hydrogen (secondary N) is 2. The molecule has 1 aromatic carbocycles. The molecule has 0 unspecified atom stereocenters. The van der Waals surface area contributed by atoms with Gasteiger partial charge in [-0.1, -0.05) is 0 Å². The second-order valence-electron chi connectivity index (χ2n) is 4.90. The molecule has 2 aromatic rings. The number of imidazole rings is 1. The Labute approximate surface area is 124 Å². The molecule has 0 bridgehead atoms. The average Bonchev–Trinajstić information content (AvgIpc) is 2.82. The van der Waals surface area contributed by atoms with Crippen LogP contribution in [0.5, 0.6) is 0 Å². The molecule has 8 heteroatoms. The molecule has 112 valence electrons. The molecule has 1 aliphatic rings. The van der Waals surface area contributed by atoms with E-state index in [1.807, 2.05) is 0 Å². The van der Waals surface area contributed by atoms with Gasteiger partial charge >= 0.3 is 5.97 Å². The van der Waals surface area contributed by atoms with Crippen molar-refractivity contribution in [3.63, 3.8) is 0 Å². The summed E-state index contributed by atoms with van der Waals surface area (Å²) in [5.74, 6) is -1.69. The van der Waals surface area contributed by atoms with Crippen molar-refractivity contribution < 1.29 is 14.3 Å². The highest BCUT2D eigenvalue weighted by molar-refractivity contribution is 6.09. The fourth-order valence-corrected chi connectivity index (χ4v) is 2.48. The van der Waals surface area contributed by atoms with Crippen LogP contribution in [-0.2, 0) is 6.54 Å². The Hall–Kier alpha value is -3.03. The van der Waals surface area contributed by atoms with Crippen molar-refractivity contribution in [2.75, 3.05) is 0 Å². The number of hydrogen-bond donors (Lipinski definition) is 3. The minimum Gasteiger partial charge on any atom is -0.476 e. The quantitative estimate of drug-likeness (QED) is 0.552. The van der Waals surface area contributed by atoms with Gasteiger partial charge in [-0.05, 0) is 25.1 Å². The summed E-state index contributed by atoms with van der Waals surface area (Å²) in [6.45, 7) is 1.49. The van der Waals surface area contributed by atoms with E-state index in [-0.39, 0.29) is 29.5 Å². The monoisotopic (exact) mass is 301 g/mol. The van der Waals surface area contributed by atoms with Crippen molar-refractivity contribution in [2.24, 2.45) is 0 Å². The number of carboxylic acids is 1. The molecule has 3 rings (SSSR count). The highest BCUT2D eigenvalue weighted by Gasteiger charge is 2.29. The molecule has 1 aliphatic heterocycles. The Kier molecular flexibility index (Phi) is 3.01. The number of carbonyl (C=O) groups is 1. The first-order chi connectivity index (χ1) is 10.4. The van der Waals surface area contributed by atoms with E-state index in [0.29, 0.717) is 11.4 Å². The SMILES string of the molecule is CC(=N)N1Cc2c(C(=O)O)ncn2-c2ccc(F)cc2C1=N. The predicted molar refractivity (Wildman–Crippen MR) is 76.3 cm³/mol. The first kappa shape index (κ1) is 13.9. The molecule has 0 saturated carbocycles. The lowest BCUT2D eigenvalue weighted by molar-refractivity contribution is 0.0689. The summed E-state index contributed by atoms with van der Waals surface area (Å²) in [4.78, 5) is 16.5. The third-order valence-corrected chi connectivity index (χ3v) is 3.52. The number of aromatic nitrogens is 2. The molecule has 0 atom stereocenters. The molecule has 0 spiro atoms. The number of halogens is 1. The molecule has 2 heterocycles. The van der Waals surface area contributed by atoms with Crippen LogP contribution in [0.3, 0.4) is 0 Å². The van der Waals surface area contributed by atoms with Crippen molar-refractivity contribution in [3.8, 4) is 5.69 Å². The topological polar surface area (TPSA) is 106 Å². The van der Waals surface area contributed by atoms with Gasteiger partial charge in [0.05, 0.1) is 23.8 Å². The summed E-state index contributed by atoms with van der Waals surface area (Å²) in [6, 6.07) is 3.91. The smallest absolute Gasteiger partial charge is 0.356 e. The lowest BCUT2D eigenvalue weighted by atomic mass is 10.1. The maximum absolute atomic E-state index is 13.6. The number of carboxylic acid groups (broad SMARTS) is 1. The van der Waals surface area contributed by atoms with Gasteiger partial charge in [-0.15, -0.1) is 0 Å². The minimum atomic E-state index is -1.19. The van der Waals surface area contributed by atoms with Crippen LogP contribution in [0.1, 0.15) is 28.7 Å². The van der Waals surface area contributed by atoms with E-state index in [1.54, 1.807) is 0 Å². The Morgan fingerprint density at radius 1 is 1.45 bits per heavy atom. The molecule has 7 nitrogen and oxygen atoms in total. The summed E-state index contributed by atoms with van der Waals surface area (Å²) < 4.78 is 15.1. The van der Waals surface area contributed by atoms with E-state index < -0.39 is 11.8 Å². The number of rotatable bonds is 1. The first-order valence-electron chi connectivity index (χ1n) is 6.41. The van der Waals surface area contributed by atoms with Crippen molar-refractivity contribution in [1.29, 1.82) is 10.8 Å². The Morgan fingerprint density at radius 3 is 2.82 bits per heavy atom. The van der Waals surface area contributed by atoms with Crippen LogP contribution in [0.4, 0.5) is 4.39 Å². The van der Waals surface area contributed by atoms with Crippen LogP contribution in [-0.4, -0.2) is 37.2 Å². The van der Waals surface area contributed by atoms with Crippen LogP contribution in [0.25, 0.3) is 5.69 Å². The predicted octanol–water partition coefficient (Wildman–Crippen LogP) is 1.85. The fraction of sp³-hybridized carbons (Fsp3) is 0.143. The molecule has 0 aliphatic carbocycles.